The molecule has 0 saturated carbocycles. The van der Waals surface area contributed by atoms with E-state index in [4.69, 9.17) is 9.47 Å². The Morgan fingerprint density at radius 3 is 1.03 bits per heavy atom. The SMILES string of the molecule is CCCCCCCCCCCCCCCCCCSSCCC(=O)OCC(C[N+](C)(C)C)OC(=O)CCSSCCCCCCCCCCCCCCCCCC.COS(=O)(=O)[O-]. The number of esters is 2. The fraction of sp³-hybridized carbons (Fsp3) is 0.959. The first-order chi connectivity index (χ1) is 30.3. The smallest absolute Gasteiger partial charge is 0.307 e. The van der Waals surface area contributed by atoms with Gasteiger partial charge in [-0.15, -0.1) is 0 Å². The van der Waals surface area contributed by atoms with Gasteiger partial charge in [-0.1, -0.05) is 250 Å². The largest absolute Gasteiger partial charge is 0.726 e. The first-order valence-corrected chi connectivity index (χ1v) is 31.8. The number of carbonyl (C=O) groups is 2. The number of unbranched alkanes of at least 4 members (excludes halogenated alkanes) is 30. The molecule has 0 aromatic rings. The van der Waals surface area contributed by atoms with E-state index < -0.39 is 16.5 Å². The minimum atomic E-state index is -4.41. The van der Waals surface area contributed by atoms with E-state index in [-0.39, 0.29) is 18.5 Å². The van der Waals surface area contributed by atoms with Crippen molar-refractivity contribution >= 4 is 65.5 Å². The number of hydrogen-bond acceptors (Lipinski definition) is 12. The highest BCUT2D eigenvalue weighted by atomic mass is 33.1. The second kappa shape index (κ2) is 50.1. The van der Waals surface area contributed by atoms with E-state index in [0.717, 1.165) is 30.1 Å². The maximum atomic E-state index is 12.6. The van der Waals surface area contributed by atoms with E-state index in [1.165, 1.54) is 205 Å². The zero-order chi connectivity index (χ0) is 47.0. The standard InChI is InChI=1S/C48H96NO4S4.CH4O4S/c1-6-8-10-12-14-16-18-20-22-24-26-28-30-32-34-36-40-54-56-42-38-47(50)52-45-46(44-49(3,4)5)53-48(51)39-43-57-55-41-37-35-33-31-29-27-25-23-21-19-17-15-13-11-9-7-2;1-5-6(2,3)4/h46H,6-45H2,1-5H3;1H3,(H,2,3,4)/q+1;/p-1. The normalized spacial score (nSPS) is 12.2. The molecule has 14 heteroatoms. The lowest BCUT2D eigenvalue weighted by Crippen LogP contribution is -2.45. The van der Waals surface area contributed by atoms with Crippen LogP contribution >= 0.6 is 43.2 Å². The van der Waals surface area contributed by atoms with Gasteiger partial charge in [-0.2, -0.15) is 0 Å². The van der Waals surface area contributed by atoms with Gasteiger partial charge in [-0.05, 0) is 12.8 Å². The summed E-state index contributed by atoms with van der Waals surface area (Å²) in [5.74, 6) is 3.42. The molecule has 9 nitrogen and oxygen atoms in total. The number of quaternary nitrogens is 1. The van der Waals surface area contributed by atoms with Crippen LogP contribution < -0.4 is 0 Å². The van der Waals surface area contributed by atoms with Crippen molar-refractivity contribution in [3.05, 3.63) is 0 Å². The molecule has 0 fully saturated rings. The van der Waals surface area contributed by atoms with Crippen LogP contribution in [0.15, 0.2) is 0 Å². The van der Waals surface area contributed by atoms with Crippen molar-refractivity contribution in [2.75, 3.05) is 64.4 Å². The van der Waals surface area contributed by atoms with Crippen LogP contribution in [-0.2, 0) is 33.6 Å². The van der Waals surface area contributed by atoms with Crippen LogP contribution in [0.5, 0.6) is 0 Å². The van der Waals surface area contributed by atoms with Crippen molar-refractivity contribution in [2.45, 2.75) is 238 Å². The average molecular weight is 991 g/mol. The van der Waals surface area contributed by atoms with Gasteiger partial charge >= 0.3 is 11.9 Å². The highest BCUT2D eigenvalue weighted by molar-refractivity contribution is 8.77. The fourth-order valence-corrected chi connectivity index (χ4v) is 11.4. The van der Waals surface area contributed by atoms with Crippen LogP contribution in [-0.4, -0.2) is 99.9 Å². The Morgan fingerprint density at radius 1 is 0.476 bits per heavy atom. The average Bonchev–Trinajstić information content (AvgIpc) is 3.23. The summed E-state index contributed by atoms with van der Waals surface area (Å²) in [7, 11) is 9.91. The summed E-state index contributed by atoms with van der Waals surface area (Å²) < 4.78 is 43.0. The van der Waals surface area contributed by atoms with Crippen molar-refractivity contribution in [1.82, 2.24) is 0 Å². The van der Waals surface area contributed by atoms with Gasteiger partial charge in [0, 0.05) is 23.0 Å². The molecule has 0 amide bonds. The van der Waals surface area contributed by atoms with Gasteiger partial charge in [-0.25, -0.2) is 8.42 Å². The molecule has 0 aliphatic rings. The second-order valence-corrected chi connectivity index (χ2v) is 24.8. The van der Waals surface area contributed by atoms with E-state index >= 15 is 0 Å². The molecule has 0 saturated heterocycles. The Hall–Kier alpha value is 0.170. The molecule has 0 aliphatic carbocycles. The molecule has 1 unspecified atom stereocenters. The number of rotatable bonds is 48. The Bertz CT molecular complexity index is 1080. The Kier molecular flexibility index (Phi) is 51.8. The van der Waals surface area contributed by atoms with Gasteiger partial charge in [0.25, 0.3) is 0 Å². The van der Waals surface area contributed by atoms with Crippen LogP contribution in [0.2, 0.25) is 0 Å². The zero-order valence-corrected chi connectivity index (χ0v) is 45.7. The van der Waals surface area contributed by atoms with E-state index in [9.17, 15) is 22.6 Å². The molecule has 0 aromatic carbocycles. The van der Waals surface area contributed by atoms with E-state index in [2.05, 4.69) is 39.2 Å². The molecule has 378 valence electrons. The van der Waals surface area contributed by atoms with Crippen molar-refractivity contribution in [3.8, 4) is 0 Å². The highest BCUT2D eigenvalue weighted by Gasteiger charge is 2.24. The van der Waals surface area contributed by atoms with Crippen molar-refractivity contribution in [1.29, 1.82) is 0 Å². The first kappa shape index (κ1) is 65.3. The third kappa shape index (κ3) is 60.2. The Morgan fingerprint density at radius 2 is 0.746 bits per heavy atom. The molecule has 0 radical (unpaired) electrons. The minimum absolute atomic E-state index is 0.137. The molecule has 0 bridgehead atoms. The van der Waals surface area contributed by atoms with Gasteiger partial charge in [-0.3, -0.25) is 13.8 Å². The molecule has 0 aromatic heterocycles. The summed E-state index contributed by atoms with van der Waals surface area (Å²) in [4.78, 5) is 25.1. The van der Waals surface area contributed by atoms with Crippen molar-refractivity contribution in [3.63, 3.8) is 0 Å². The molecular weight excluding hydrogens is 891 g/mol. The summed E-state index contributed by atoms with van der Waals surface area (Å²) in [6.07, 6.45) is 45.1. The van der Waals surface area contributed by atoms with Gasteiger partial charge < -0.3 is 18.5 Å². The molecule has 1 atom stereocenters. The highest BCUT2D eigenvalue weighted by Crippen LogP contribution is 2.25. The first-order valence-electron chi connectivity index (χ1n) is 25.5. The van der Waals surface area contributed by atoms with Crippen LogP contribution in [0.3, 0.4) is 0 Å². The predicted octanol–water partition coefficient (Wildman–Crippen LogP) is 15.3. The molecule has 0 aliphatic heterocycles. The van der Waals surface area contributed by atoms with Crippen LogP contribution in [0, 0.1) is 0 Å². The molecule has 0 spiro atoms. The van der Waals surface area contributed by atoms with Gasteiger partial charge in [0.05, 0.1) is 41.1 Å². The number of likely N-dealkylation sites (N-methyl/N-ethyl adjacent to an activating group) is 1. The van der Waals surface area contributed by atoms with Crippen LogP contribution in [0.1, 0.15) is 232 Å². The quantitative estimate of drug-likeness (QED) is 0.0144. The molecule has 0 N–H and O–H groups in total. The third-order valence-electron chi connectivity index (χ3n) is 10.8. The fourth-order valence-electron chi connectivity index (χ4n) is 7.14. The Balaban J connectivity index is 0. The number of nitrogens with zero attached hydrogens (tertiary/aromatic N) is 1. The monoisotopic (exact) mass is 990 g/mol. The van der Waals surface area contributed by atoms with Crippen LogP contribution in [0.4, 0.5) is 0 Å². The maximum Gasteiger partial charge on any atom is 0.307 e. The summed E-state index contributed by atoms with van der Waals surface area (Å²) in [5, 5.41) is 0. The molecule has 63 heavy (non-hydrogen) atoms. The lowest BCUT2D eigenvalue weighted by atomic mass is 10.0. The maximum absolute atomic E-state index is 12.6. The third-order valence-corrected chi connectivity index (χ3v) is 16.2. The van der Waals surface area contributed by atoms with Gasteiger partial charge in [0.15, 0.2) is 6.10 Å². The number of carbonyl (C=O) groups excluding carboxylic acids is 2. The van der Waals surface area contributed by atoms with Crippen molar-refractivity contribution < 1.29 is 40.7 Å². The summed E-state index contributed by atoms with van der Waals surface area (Å²) >= 11 is 0. The Labute approximate surface area is 406 Å². The van der Waals surface area contributed by atoms with Gasteiger partial charge in [0.1, 0.15) is 13.2 Å². The summed E-state index contributed by atoms with van der Waals surface area (Å²) in [6.45, 7) is 5.33. The topological polar surface area (TPSA) is 119 Å². The number of ether oxygens (including phenoxy) is 2. The molecule has 0 heterocycles. The molecular formula is C49H99NO8S5. The zero-order valence-electron chi connectivity index (χ0n) is 41.6. The molecule has 0 rings (SSSR count). The minimum Gasteiger partial charge on any atom is -0.726 e. The predicted molar refractivity (Wildman–Crippen MR) is 279 cm³/mol. The summed E-state index contributed by atoms with van der Waals surface area (Å²) in [5.41, 5.74) is 0. The lowest BCUT2D eigenvalue weighted by Gasteiger charge is -2.28. The van der Waals surface area contributed by atoms with E-state index in [1.807, 2.05) is 21.6 Å². The van der Waals surface area contributed by atoms with E-state index in [1.54, 1.807) is 21.6 Å². The number of hydrogen-bond donors (Lipinski definition) is 0. The van der Waals surface area contributed by atoms with Crippen molar-refractivity contribution in [2.24, 2.45) is 0 Å². The second-order valence-electron chi connectivity index (χ2n) is 18.2. The van der Waals surface area contributed by atoms with E-state index in [0.29, 0.717) is 23.9 Å². The lowest BCUT2D eigenvalue weighted by molar-refractivity contribution is -0.873. The van der Waals surface area contributed by atoms with Gasteiger partial charge in [0.2, 0.25) is 10.4 Å². The van der Waals surface area contributed by atoms with Crippen LogP contribution in [0.25, 0.3) is 0 Å². The summed E-state index contributed by atoms with van der Waals surface area (Å²) in [6, 6.07) is 0.